The molecule has 0 saturated carbocycles. The summed E-state index contributed by atoms with van der Waals surface area (Å²) in [4.78, 5) is 15.3. The molecule has 0 aliphatic heterocycles. The first-order chi connectivity index (χ1) is 8.22. The van der Waals surface area contributed by atoms with Crippen molar-refractivity contribution in [3.05, 3.63) is 41.6 Å². The minimum absolute atomic E-state index is 0.537. The van der Waals surface area contributed by atoms with E-state index in [4.69, 9.17) is 0 Å². The highest BCUT2D eigenvalue weighted by molar-refractivity contribution is 5.90. The average Bonchev–Trinajstić information content (AvgIpc) is 2.38. The molecule has 0 unspecified atom stereocenters. The molecule has 0 radical (unpaired) electrons. The van der Waals surface area contributed by atoms with E-state index in [1.807, 2.05) is 31.2 Å². The Morgan fingerprint density at radius 1 is 1.35 bits per heavy atom. The van der Waals surface area contributed by atoms with E-state index in [0.29, 0.717) is 0 Å². The van der Waals surface area contributed by atoms with Crippen molar-refractivity contribution in [1.82, 2.24) is 4.98 Å². The maximum absolute atomic E-state index is 10.9. The Bertz CT molecular complexity index is 635. The fraction of sp³-hybridized carbons (Fsp3) is 0.143. The average molecular weight is 225 g/mol. The van der Waals surface area contributed by atoms with E-state index < -0.39 is 5.97 Å². The Morgan fingerprint density at radius 3 is 2.94 bits per heavy atom. The number of pyridine rings is 1. The van der Waals surface area contributed by atoms with E-state index in [1.54, 1.807) is 6.20 Å². The lowest BCUT2D eigenvalue weighted by atomic mass is 10.0. The van der Waals surface area contributed by atoms with Gasteiger partial charge in [-0.05, 0) is 24.6 Å². The quantitative estimate of drug-likeness (QED) is 0.509. The lowest BCUT2D eigenvalue weighted by molar-refractivity contribution is -0.133. The molecule has 2 aromatic rings. The predicted octanol–water partition coefficient (Wildman–Crippen LogP) is 2.07. The second-order valence-corrected chi connectivity index (χ2v) is 3.55. The lowest BCUT2D eigenvalue weighted by Crippen LogP contribution is -1.95. The summed E-state index contributed by atoms with van der Waals surface area (Å²) in [6.07, 6.45) is 1.74. The molecular formula is C14H11NO2. The van der Waals surface area contributed by atoms with Crippen LogP contribution in [0, 0.1) is 18.8 Å². The highest BCUT2D eigenvalue weighted by Crippen LogP contribution is 2.18. The number of fused-ring (bicyclic) bond motifs is 1. The molecule has 0 aliphatic carbocycles. The molecule has 84 valence electrons. The van der Waals surface area contributed by atoms with Crippen LogP contribution in [0.25, 0.3) is 10.9 Å². The molecule has 0 spiro atoms. The summed E-state index contributed by atoms with van der Waals surface area (Å²) in [5, 5.41) is 1.06. The predicted molar refractivity (Wildman–Crippen MR) is 65.4 cm³/mol. The topological polar surface area (TPSA) is 39.2 Å². The van der Waals surface area contributed by atoms with Gasteiger partial charge in [-0.1, -0.05) is 18.1 Å². The molecule has 0 saturated heterocycles. The molecule has 1 aromatic carbocycles. The van der Waals surface area contributed by atoms with Crippen LogP contribution in [0.5, 0.6) is 0 Å². The number of nitrogens with zero attached hydrogens (tertiary/aromatic N) is 1. The number of hydrogen-bond acceptors (Lipinski definition) is 3. The minimum atomic E-state index is -0.537. The number of hydrogen-bond donors (Lipinski definition) is 0. The van der Waals surface area contributed by atoms with Gasteiger partial charge in [0, 0.05) is 23.1 Å². The van der Waals surface area contributed by atoms with Gasteiger partial charge in [-0.25, -0.2) is 4.79 Å². The molecule has 1 aromatic heterocycles. The van der Waals surface area contributed by atoms with Crippen molar-refractivity contribution >= 4 is 16.9 Å². The molecule has 3 heteroatoms. The summed E-state index contributed by atoms with van der Waals surface area (Å²) in [5.74, 6) is 4.67. The molecule has 0 N–H and O–H groups in total. The van der Waals surface area contributed by atoms with E-state index in [1.165, 1.54) is 7.11 Å². The number of aromatic nitrogens is 1. The van der Waals surface area contributed by atoms with Gasteiger partial charge in [0.1, 0.15) is 0 Å². The summed E-state index contributed by atoms with van der Waals surface area (Å²) in [6, 6.07) is 7.71. The van der Waals surface area contributed by atoms with Crippen LogP contribution in [0.15, 0.2) is 30.5 Å². The van der Waals surface area contributed by atoms with Gasteiger partial charge in [-0.2, -0.15) is 0 Å². The first-order valence-electron chi connectivity index (χ1n) is 5.16. The Morgan fingerprint density at radius 2 is 2.18 bits per heavy atom. The molecule has 2 rings (SSSR count). The second-order valence-electron chi connectivity index (χ2n) is 3.55. The Balaban J connectivity index is 2.52. The van der Waals surface area contributed by atoms with Gasteiger partial charge in [-0.3, -0.25) is 4.98 Å². The maximum atomic E-state index is 10.9. The summed E-state index contributed by atoms with van der Waals surface area (Å²) < 4.78 is 4.47. The van der Waals surface area contributed by atoms with Crippen molar-refractivity contribution in [3.8, 4) is 11.8 Å². The third-order valence-corrected chi connectivity index (χ3v) is 2.51. The number of aryl methyl sites for hydroxylation is 1. The Kier molecular flexibility index (Phi) is 3.06. The smallest absolute Gasteiger partial charge is 0.384 e. The van der Waals surface area contributed by atoms with Crippen molar-refractivity contribution in [1.29, 1.82) is 0 Å². The van der Waals surface area contributed by atoms with E-state index in [0.717, 1.165) is 22.0 Å². The largest absolute Gasteiger partial charge is 0.459 e. The van der Waals surface area contributed by atoms with Crippen molar-refractivity contribution in [3.63, 3.8) is 0 Å². The summed E-state index contributed by atoms with van der Waals surface area (Å²) >= 11 is 0. The standard InChI is InChI=1S/C14H11NO2/c1-10-11(7-8-13(16)17-2)5-6-12-4-3-9-15-14(10)12/h3-6,9H,1-2H3. The number of ether oxygens (including phenoxy) is 1. The fourth-order valence-corrected chi connectivity index (χ4v) is 1.60. The molecule has 1 heterocycles. The highest BCUT2D eigenvalue weighted by atomic mass is 16.5. The van der Waals surface area contributed by atoms with Crippen LogP contribution >= 0.6 is 0 Å². The third-order valence-electron chi connectivity index (χ3n) is 2.51. The van der Waals surface area contributed by atoms with E-state index in [9.17, 15) is 4.79 Å². The Hall–Kier alpha value is -2.34. The van der Waals surface area contributed by atoms with Crippen LogP contribution in [0.1, 0.15) is 11.1 Å². The molecule has 0 fully saturated rings. The van der Waals surface area contributed by atoms with Crippen LogP contribution in [-0.4, -0.2) is 18.1 Å². The van der Waals surface area contributed by atoms with Crippen molar-refractivity contribution in [2.75, 3.05) is 7.11 Å². The van der Waals surface area contributed by atoms with Crippen molar-refractivity contribution < 1.29 is 9.53 Å². The molecule has 0 amide bonds. The maximum Gasteiger partial charge on any atom is 0.384 e. The summed E-state index contributed by atoms with van der Waals surface area (Å²) in [7, 11) is 1.31. The zero-order valence-electron chi connectivity index (χ0n) is 9.65. The van der Waals surface area contributed by atoms with E-state index >= 15 is 0 Å². The van der Waals surface area contributed by atoms with E-state index in [-0.39, 0.29) is 0 Å². The van der Waals surface area contributed by atoms with Gasteiger partial charge >= 0.3 is 5.97 Å². The first kappa shape index (κ1) is 11.2. The van der Waals surface area contributed by atoms with Gasteiger partial charge < -0.3 is 4.74 Å². The van der Waals surface area contributed by atoms with Crippen LogP contribution in [-0.2, 0) is 9.53 Å². The van der Waals surface area contributed by atoms with Gasteiger partial charge in [0.15, 0.2) is 0 Å². The summed E-state index contributed by atoms with van der Waals surface area (Å²) in [5.41, 5.74) is 2.67. The third kappa shape index (κ3) is 2.26. The lowest BCUT2D eigenvalue weighted by Gasteiger charge is -2.02. The molecule has 0 aliphatic rings. The normalized spacial score (nSPS) is 9.53. The number of esters is 1. The summed E-state index contributed by atoms with van der Waals surface area (Å²) in [6.45, 7) is 1.94. The highest BCUT2D eigenvalue weighted by Gasteiger charge is 2.02. The zero-order chi connectivity index (χ0) is 12.3. The van der Waals surface area contributed by atoms with Gasteiger partial charge in [0.05, 0.1) is 12.6 Å². The number of benzene rings is 1. The van der Waals surface area contributed by atoms with Crippen LogP contribution < -0.4 is 0 Å². The van der Waals surface area contributed by atoms with Gasteiger partial charge in [0.2, 0.25) is 0 Å². The number of rotatable bonds is 0. The van der Waals surface area contributed by atoms with Crippen LogP contribution in [0.4, 0.5) is 0 Å². The van der Waals surface area contributed by atoms with Crippen LogP contribution in [0.2, 0.25) is 0 Å². The monoisotopic (exact) mass is 225 g/mol. The number of carbonyl (C=O) groups excluding carboxylic acids is 1. The molecule has 0 bridgehead atoms. The van der Waals surface area contributed by atoms with Crippen molar-refractivity contribution in [2.24, 2.45) is 0 Å². The molecule has 3 nitrogen and oxygen atoms in total. The van der Waals surface area contributed by atoms with Crippen LogP contribution in [0.3, 0.4) is 0 Å². The Labute approximate surface area is 99.4 Å². The second kappa shape index (κ2) is 4.67. The minimum Gasteiger partial charge on any atom is -0.459 e. The number of carbonyl (C=O) groups is 1. The molecule has 0 atom stereocenters. The number of methoxy groups -OCH3 is 1. The fourth-order valence-electron chi connectivity index (χ4n) is 1.60. The van der Waals surface area contributed by atoms with Gasteiger partial charge in [0.25, 0.3) is 0 Å². The molecule has 17 heavy (non-hydrogen) atoms. The van der Waals surface area contributed by atoms with E-state index in [2.05, 4.69) is 21.6 Å². The first-order valence-corrected chi connectivity index (χ1v) is 5.16. The van der Waals surface area contributed by atoms with Crippen molar-refractivity contribution in [2.45, 2.75) is 6.92 Å². The zero-order valence-corrected chi connectivity index (χ0v) is 9.65. The molecular weight excluding hydrogens is 214 g/mol. The van der Waals surface area contributed by atoms with Gasteiger partial charge in [-0.15, -0.1) is 0 Å². The SMILES string of the molecule is COC(=O)C#Cc1ccc2cccnc2c1C.